The minimum atomic E-state index is -0.186. The highest BCUT2D eigenvalue weighted by molar-refractivity contribution is 7.16. The van der Waals surface area contributed by atoms with E-state index in [0.29, 0.717) is 0 Å². The summed E-state index contributed by atoms with van der Waals surface area (Å²) in [6.07, 6.45) is 5.90. The van der Waals surface area contributed by atoms with Crippen molar-refractivity contribution in [3.8, 4) is 10.6 Å². The molecule has 0 atom stereocenters. The molecule has 0 unspecified atom stereocenters. The molecule has 1 aliphatic carbocycles. The van der Waals surface area contributed by atoms with Gasteiger partial charge < -0.3 is 5.73 Å². The van der Waals surface area contributed by atoms with Gasteiger partial charge in [0, 0.05) is 5.38 Å². The van der Waals surface area contributed by atoms with Crippen molar-refractivity contribution in [1.82, 2.24) is 9.97 Å². The Bertz CT molecular complexity index is 579. The van der Waals surface area contributed by atoms with Crippen LogP contribution < -0.4 is 5.73 Å². The molecule has 19 heavy (non-hydrogen) atoms. The topological polar surface area (TPSA) is 51.8 Å². The number of nitrogens with two attached hydrogens (primary N) is 1. The summed E-state index contributed by atoms with van der Waals surface area (Å²) in [5.41, 5.74) is 8.50. The fraction of sp³-hybridized carbons (Fsp3) is 0.571. The summed E-state index contributed by atoms with van der Waals surface area (Å²) in [6.45, 7) is 4.09. The van der Waals surface area contributed by atoms with Crippen LogP contribution in [-0.2, 0) is 5.54 Å². The van der Waals surface area contributed by atoms with Gasteiger partial charge >= 0.3 is 0 Å². The van der Waals surface area contributed by atoms with Crippen LogP contribution in [0.3, 0.4) is 0 Å². The number of thiazole rings is 2. The van der Waals surface area contributed by atoms with E-state index in [9.17, 15) is 0 Å². The van der Waals surface area contributed by atoms with Crippen molar-refractivity contribution in [1.29, 1.82) is 0 Å². The normalized spacial score (nSPS) is 18.7. The first kappa shape index (κ1) is 13.2. The third-order valence-electron chi connectivity index (χ3n) is 3.81. The number of aromatic nitrogens is 2. The van der Waals surface area contributed by atoms with E-state index >= 15 is 0 Å². The zero-order chi connectivity index (χ0) is 13.5. The van der Waals surface area contributed by atoms with E-state index in [4.69, 9.17) is 10.7 Å². The molecule has 0 bridgehead atoms. The minimum absolute atomic E-state index is 0.186. The lowest BCUT2D eigenvalue weighted by atomic mass is 9.83. The van der Waals surface area contributed by atoms with E-state index in [1.807, 2.05) is 6.92 Å². The Morgan fingerprint density at radius 1 is 1.16 bits per heavy atom. The molecule has 2 heterocycles. The number of nitrogens with zero attached hydrogens (tertiary/aromatic N) is 2. The molecule has 102 valence electrons. The quantitative estimate of drug-likeness (QED) is 0.910. The summed E-state index contributed by atoms with van der Waals surface area (Å²) in [7, 11) is 0. The van der Waals surface area contributed by atoms with E-state index in [0.717, 1.165) is 34.2 Å². The maximum absolute atomic E-state index is 6.55. The Balaban J connectivity index is 1.93. The Labute approximate surface area is 121 Å². The number of hydrogen-bond acceptors (Lipinski definition) is 5. The molecule has 3 nitrogen and oxygen atoms in total. The van der Waals surface area contributed by atoms with E-state index in [1.165, 1.54) is 24.1 Å². The smallest absolute Gasteiger partial charge is 0.113 e. The second-order valence-electron chi connectivity index (χ2n) is 5.40. The Hall–Kier alpha value is -0.780. The van der Waals surface area contributed by atoms with Crippen LogP contribution in [0.25, 0.3) is 10.6 Å². The molecule has 2 aromatic rings. The average Bonchev–Trinajstić information content (AvgIpc) is 2.97. The monoisotopic (exact) mass is 293 g/mol. The molecule has 1 fully saturated rings. The number of rotatable bonds is 2. The van der Waals surface area contributed by atoms with Gasteiger partial charge in [0.1, 0.15) is 5.01 Å². The number of aryl methyl sites for hydroxylation is 2. The molecular formula is C14H19N3S2. The standard InChI is InChI=1S/C14H19N3S2/c1-9-12(19-10(2)16-9)11-8-18-13(17-11)14(15)6-4-3-5-7-14/h8H,3-7,15H2,1-2H3. The van der Waals surface area contributed by atoms with Crippen LogP contribution in [0, 0.1) is 13.8 Å². The van der Waals surface area contributed by atoms with Gasteiger partial charge in [-0.05, 0) is 26.7 Å². The van der Waals surface area contributed by atoms with Gasteiger partial charge in [0.05, 0.1) is 26.8 Å². The van der Waals surface area contributed by atoms with Crippen LogP contribution in [-0.4, -0.2) is 9.97 Å². The van der Waals surface area contributed by atoms with Gasteiger partial charge in [0.2, 0.25) is 0 Å². The van der Waals surface area contributed by atoms with Gasteiger partial charge in [-0.15, -0.1) is 22.7 Å². The highest BCUT2D eigenvalue weighted by Crippen LogP contribution is 2.39. The van der Waals surface area contributed by atoms with E-state index in [-0.39, 0.29) is 5.54 Å². The van der Waals surface area contributed by atoms with Crippen LogP contribution in [0.1, 0.15) is 47.8 Å². The van der Waals surface area contributed by atoms with E-state index < -0.39 is 0 Å². The molecule has 0 saturated heterocycles. The largest absolute Gasteiger partial charge is 0.319 e. The molecule has 0 spiro atoms. The van der Waals surface area contributed by atoms with Crippen molar-refractivity contribution in [3.05, 3.63) is 21.1 Å². The summed E-state index contributed by atoms with van der Waals surface area (Å²) >= 11 is 3.43. The average molecular weight is 293 g/mol. The molecule has 1 aliphatic rings. The summed E-state index contributed by atoms with van der Waals surface area (Å²) < 4.78 is 0. The third kappa shape index (κ3) is 2.47. The van der Waals surface area contributed by atoms with Crippen LogP contribution in [0.2, 0.25) is 0 Å². The van der Waals surface area contributed by atoms with Gasteiger partial charge in [-0.2, -0.15) is 0 Å². The predicted molar refractivity (Wildman–Crippen MR) is 81.6 cm³/mol. The van der Waals surface area contributed by atoms with Gasteiger partial charge in [-0.25, -0.2) is 9.97 Å². The first-order valence-electron chi connectivity index (χ1n) is 6.78. The lowest BCUT2D eigenvalue weighted by Crippen LogP contribution is -2.38. The maximum Gasteiger partial charge on any atom is 0.113 e. The molecule has 2 aromatic heterocycles. The zero-order valence-corrected chi connectivity index (χ0v) is 13.0. The predicted octanol–water partition coefficient (Wildman–Crippen LogP) is 4.00. The fourth-order valence-electron chi connectivity index (χ4n) is 2.77. The molecule has 1 saturated carbocycles. The first-order chi connectivity index (χ1) is 9.08. The molecule has 0 radical (unpaired) electrons. The molecule has 5 heteroatoms. The highest BCUT2D eigenvalue weighted by Gasteiger charge is 2.32. The highest BCUT2D eigenvalue weighted by atomic mass is 32.1. The Morgan fingerprint density at radius 2 is 1.89 bits per heavy atom. The molecular weight excluding hydrogens is 274 g/mol. The van der Waals surface area contributed by atoms with Crippen molar-refractivity contribution in [2.75, 3.05) is 0 Å². The van der Waals surface area contributed by atoms with Gasteiger partial charge in [0.25, 0.3) is 0 Å². The number of hydrogen-bond donors (Lipinski definition) is 1. The van der Waals surface area contributed by atoms with E-state index in [2.05, 4.69) is 17.3 Å². The molecule has 3 rings (SSSR count). The summed E-state index contributed by atoms with van der Waals surface area (Å²) in [5, 5.41) is 4.34. The molecule has 0 aromatic carbocycles. The van der Waals surface area contributed by atoms with Gasteiger partial charge in [0.15, 0.2) is 0 Å². The Morgan fingerprint density at radius 3 is 2.53 bits per heavy atom. The summed E-state index contributed by atoms with van der Waals surface area (Å²) in [4.78, 5) is 10.5. The third-order valence-corrected chi connectivity index (χ3v) is 5.97. The fourth-order valence-corrected chi connectivity index (χ4v) is 4.71. The maximum atomic E-state index is 6.55. The van der Waals surface area contributed by atoms with Crippen molar-refractivity contribution < 1.29 is 0 Å². The van der Waals surface area contributed by atoms with Gasteiger partial charge in [-0.1, -0.05) is 19.3 Å². The SMILES string of the molecule is Cc1nc(C)c(-c2csc(C3(N)CCCCC3)n2)s1. The zero-order valence-electron chi connectivity index (χ0n) is 11.4. The first-order valence-corrected chi connectivity index (χ1v) is 8.47. The van der Waals surface area contributed by atoms with Crippen LogP contribution >= 0.6 is 22.7 Å². The van der Waals surface area contributed by atoms with E-state index in [1.54, 1.807) is 22.7 Å². The second-order valence-corrected chi connectivity index (χ2v) is 7.46. The van der Waals surface area contributed by atoms with Crippen molar-refractivity contribution >= 4 is 22.7 Å². The van der Waals surface area contributed by atoms with Crippen molar-refractivity contribution in [2.24, 2.45) is 5.73 Å². The van der Waals surface area contributed by atoms with Crippen LogP contribution in [0.5, 0.6) is 0 Å². The molecule has 0 amide bonds. The summed E-state index contributed by atoms with van der Waals surface area (Å²) in [6, 6.07) is 0. The minimum Gasteiger partial charge on any atom is -0.319 e. The van der Waals surface area contributed by atoms with Crippen LogP contribution in [0.4, 0.5) is 0 Å². The van der Waals surface area contributed by atoms with Gasteiger partial charge in [-0.3, -0.25) is 0 Å². The molecule has 0 aliphatic heterocycles. The molecule has 2 N–H and O–H groups in total. The van der Waals surface area contributed by atoms with Crippen molar-refractivity contribution in [3.63, 3.8) is 0 Å². The van der Waals surface area contributed by atoms with Crippen LogP contribution in [0.15, 0.2) is 5.38 Å². The lowest BCUT2D eigenvalue weighted by Gasteiger charge is -2.31. The second kappa shape index (κ2) is 4.96. The Kier molecular flexibility index (Phi) is 3.45. The summed E-state index contributed by atoms with van der Waals surface area (Å²) in [5.74, 6) is 0. The lowest BCUT2D eigenvalue weighted by molar-refractivity contribution is 0.301. The van der Waals surface area contributed by atoms with Crippen molar-refractivity contribution in [2.45, 2.75) is 51.5 Å².